The van der Waals surface area contributed by atoms with Crippen molar-refractivity contribution in [1.82, 2.24) is 5.32 Å². The number of benzene rings is 2. The number of carbonyl (C=O) groups is 2. The number of ether oxygens (including phenoxy) is 1. The lowest BCUT2D eigenvalue weighted by atomic mass is 10.1. The van der Waals surface area contributed by atoms with Crippen molar-refractivity contribution in [3.63, 3.8) is 0 Å². The Kier molecular flexibility index (Phi) is 6.83. The molecule has 3 N–H and O–H groups in total. The average molecular weight is 343 g/mol. The van der Waals surface area contributed by atoms with Gasteiger partial charge in [0.15, 0.2) is 0 Å². The first-order chi connectivity index (χ1) is 12.1. The second-order valence-electron chi connectivity index (χ2n) is 5.63. The van der Waals surface area contributed by atoms with Crippen LogP contribution in [0, 0.1) is 0 Å². The fourth-order valence-electron chi connectivity index (χ4n) is 2.37. The van der Waals surface area contributed by atoms with Crippen LogP contribution in [-0.2, 0) is 22.4 Å². The third kappa shape index (κ3) is 6.18. The highest BCUT2D eigenvalue weighted by Gasteiger charge is 2.15. The van der Waals surface area contributed by atoms with E-state index in [9.17, 15) is 19.8 Å². The number of rotatable bonds is 8. The van der Waals surface area contributed by atoms with Gasteiger partial charge < -0.3 is 25.1 Å². The summed E-state index contributed by atoms with van der Waals surface area (Å²) < 4.78 is 5.07. The van der Waals surface area contributed by atoms with Crippen LogP contribution in [0.2, 0.25) is 0 Å². The lowest BCUT2D eigenvalue weighted by Gasteiger charge is -2.14. The molecule has 132 valence electrons. The van der Waals surface area contributed by atoms with Gasteiger partial charge in [-0.1, -0.05) is 36.4 Å². The number of carbonyl (C=O) groups excluding carboxylic acids is 2. The smallest absolute Gasteiger partial charge is 0.407 e. The quantitative estimate of drug-likeness (QED) is 0.506. The van der Waals surface area contributed by atoms with Gasteiger partial charge in [-0.15, -0.1) is 0 Å². The number of aryl methyl sites for hydroxylation is 1. The number of amides is 1. The Morgan fingerprint density at radius 2 is 1.92 bits per heavy atom. The third-order valence-corrected chi connectivity index (χ3v) is 3.66. The van der Waals surface area contributed by atoms with E-state index in [1.165, 1.54) is 23.8 Å². The molecule has 6 nitrogen and oxygen atoms in total. The van der Waals surface area contributed by atoms with E-state index in [0.29, 0.717) is 18.3 Å². The molecule has 1 unspecified atom stereocenters. The van der Waals surface area contributed by atoms with Gasteiger partial charge >= 0.3 is 6.09 Å². The van der Waals surface area contributed by atoms with E-state index < -0.39 is 12.1 Å². The SMILES string of the molecule is O=CC(Cc1ccc(O)cc1O)NC(=O)OCCCc1ccccc1. The Labute approximate surface area is 146 Å². The standard InChI is InChI=1S/C19H21NO5/c21-13-16(11-15-8-9-17(22)12-18(15)23)20-19(24)25-10-4-7-14-5-2-1-3-6-14/h1-3,5-6,8-9,12-13,16,22-23H,4,7,10-11H2,(H,20,24). The van der Waals surface area contributed by atoms with Crippen LogP contribution in [0.5, 0.6) is 11.5 Å². The molecule has 0 saturated heterocycles. The number of aldehydes is 1. The van der Waals surface area contributed by atoms with Crippen molar-refractivity contribution < 1.29 is 24.5 Å². The molecule has 0 fully saturated rings. The van der Waals surface area contributed by atoms with E-state index in [0.717, 1.165) is 6.42 Å². The van der Waals surface area contributed by atoms with E-state index in [1.54, 1.807) is 0 Å². The van der Waals surface area contributed by atoms with E-state index in [-0.39, 0.29) is 24.5 Å². The van der Waals surface area contributed by atoms with Gasteiger partial charge in [0.1, 0.15) is 17.8 Å². The molecule has 0 heterocycles. The van der Waals surface area contributed by atoms with Gasteiger partial charge in [0.25, 0.3) is 0 Å². The van der Waals surface area contributed by atoms with Gasteiger partial charge in [0.05, 0.1) is 12.6 Å². The second-order valence-corrected chi connectivity index (χ2v) is 5.63. The van der Waals surface area contributed by atoms with Crippen LogP contribution in [0.15, 0.2) is 48.5 Å². The first-order valence-corrected chi connectivity index (χ1v) is 8.02. The summed E-state index contributed by atoms with van der Waals surface area (Å²) in [5.41, 5.74) is 1.61. The van der Waals surface area contributed by atoms with Gasteiger partial charge in [-0.25, -0.2) is 4.79 Å². The molecule has 0 aliphatic heterocycles. The molecule has 25 heavy (non-hydrogen) atoms. The Morgan fingerprint density at radius 1 is 1.16 bits per heavy atom. The molecule has 0 spiro atoms. The van der Waals surface area contributed by atoms with Crippen molar-refractivity contribution in [2.75, 3.05) is 6.61 Å². The molecule has 0 aliphatic carbocycles. The van der Waals surface area contributed by atoms with Gasteiger partial charge in [0, 0.05) is 12.5 Å². The van der Waals surface area contributed by atoms with Crippen molar-refractivity contribution >= 4 is 12.4 Å². The Hall–Kier alpha value is -3.02. The van der Waals surface area contributed by atoms with Crippen LogP contribution in [0.25, 0.3) is 0 Å². The Bertz CT molecular complexity index is 702. The first-order valence-electron chi connectivity index (χ1n) is 8.02. The molecule has 0 saturated carbocycles. The molecular formula is C19H21NO5. The summed E-state index contributed by atoms with van der Waals surface area (Å²) in [4.78, 5) is 22.9. The van der Waals surface area contributed by atoms with E-state index in [4.69, 9.17) is 4.74 Å². The summed E-state index contributed by atoms with van der Waals surface area (Å²) in [6, 6.07) is 13.1. The predicted octanol–water partition coefficient (Wildman–Crippen LogP) is 2.57. The second kappa shape index (κ2) is 9.32. The van der Waals surface area contributed by atoms with Crippen molar-refractivity contribution in [1.29, 1.82) is 0 Å². The van der Waals surface area contributed by atoms with E-state index >= 15 is 0 Å². The van der Waals surface area contributed by atoms with Crippen molar-refractivity contribution in [3.05, 3.63) is 59.7 Å². The monoisotopic (exact) mass is 343 g/mol. The fraction of sp³-hybridized carbons (Fsp3) is 0.263. The largest absolute Gasteiger partial charge is 0.508 e. The summed E-state index contributed by atoms with van der Waals surface area (Å²) in [6.07, 6.45) is 1.49. The highest BCUT2D eigenvalue weighted by Crippen LogP contribution is 2.23. The van der Waals surface area contributed by atoms with Crippen LogP contribution in [0.3, 0.4) is 0 Å². The van der Waals surface area contributed by atoms with E-state index in [2.05, 4.69) is 5.32 Å². The maximum absolute atomic E-state index is 11.8. The normalized spacial score (nSPS) is 11.5. The molecule has 0 radical (unpaired) electrons. The minimum atomic E-state index is -0.822. The lowest BCUT2D eigenvalue weighted by Crippen LogP contribution is -2.38. The van der Waals surface area contributed by atoms with Crippen molar-refractivity contribution in [2.45, 2.75) is 25.3 Å². The highest BCUT2D eigenvalue weighted by atomic mass is 16.5. The fourth-order valence-corrected chi connectivity index (χ4v) is 2.37. The number of phenols is 2. The molecule has 2 aromatic rings. The van der Waals surface area contributed by atoms with E-state index in [1.807, 2.05) is 30.3 Å². The summed E-state index contributed by atoms with van der Waals surface area (Å²) in [5, 5.41) is 21.4. The number of hydrogen-bond acceptors (Lipinski definition) is 5. The molecular weight excluding hydrogens is 322 g/mol. The van der Waals surface area contributed by atoms with Crippen molar-refractivity contribution in [2.24, 2.45) is 0 Å². The molecule has 6 heteroatoms. The molecule has 0 aliphatic rings. The van der Waals surface area contributed by atoms with Gasteiger partial charge in [-0.2, -0.15) is 0 Å². The number of hydrogen-bond donors (Lipinski definition) is 3. The Morgan fingerprint density at radius 3 is 2.60 bits per heavy atom. The lowest BCUT2D eigenvalue weighted by molar-refractivity contribution is -0.109. The summed E-state index contributed by atoms with van der Waals surface area (Å²) >= 11 is 0. The number of phenolic OH excluding ortho intramolecular Hbond substituents is 2. The zero-order chi connectivity index (χ0) is 18.1. The minimum Gasteiger partial charge on any atom is -0.508 e. The zero-order valence-electron chi connectivity index (χ0n) is 13.7. The average Bonchev–Trinajstić information content (AvgIpc) is 2.61. The van der Waals surface area contributed by atoms with Gasteiger partial charge in [0.2, 0.25) is 0 Å². The molecule has 0 aromatic heterocycles. The molecule has 1 amide bonds. The van der Waals surface area contributed by atoms with Crippen LogP contribution < -0.4 is 5.32 Å². The Balaban J connectivity index is 1.74. The minimum absolute atomic E-state index is 0.0744. The van der Waals surface area contributed by atoms with Crippen molar-refractivity contribution in [3.8, 4) is 11.5 Å². The highest BCUT2D eigenvalue weighted by molar-refractivity contribution is 5.73. The van der Waals surface area contributed by atoms with Crippen LogP contribution in [-0.4, -0.2) is 35.2 Å². The number of nitrogens with one attached hydrogen (secondary N) is 1. The summed E-state index contributed by atoms with van der Waals surface area (Å²) in [6.45, 7) is 0.247. The molecule has 2 rings (SSSR count). The first kappa shape index (κ1) is 18.3. The molecule has 0 bridgehead atoms. The maximum atomic E-state index is 11.8. The topological polar surface area (TPSA) is 95.9 Å². The predicted molar refractivity (Wildman–Crippen MR) is 92.6 cm³/mol. The summed E-state index contributed by atoms with van der Waals surface area (Å²) in [7, 11) is 0. The number of aromatic hydroxyl groups is 2. The molecule has 2 aromatic carbocycles. The van der Waals surface area contributed by atoms with Crippen LogP contribution in [0.1, 0.15) is 17.5 Å². The third-order valence-electron chi connectivity index (χ3n) is 3.66. The maximum Gasteiger partial charge on any atom is 0.407 e. The number of alkyl carbamates (subject to hydrolysis) is 1. The van der Waals surface area contributed by atoms with Gasteiger partial charge in [-0.3, -0.25) is 0 Å². The zero-order valence-corrected chi connectivity index (χ0v) is 13.7. The summed E-state index contributed by atoms with van der Waals surface area (Å²) in [5.74, 6) is -0.209. The van der Waals surface area contributed by atoms with Crippen LogP contribution >= 0.6 is 0 Å². The van der Waals surface area contributed by atoms with Crippen LogP contribution in [0.4, 0.5) is 4.79 Å². The molecule has 1 atom stereocenters. The van der Waals surface area contributed by atoms with Gasteiger partial charge in [-0.05, 0) is 30.0 Å².